The molecule has 34 heavy (non-hydrogen) atoms. The van der Waals surface area contributed by atoms with Crippen LogP contribution in [-0.2, 0) is 25.7 Å². The largest absolute Gasteiger partial charge is 0.493 e. The van der Waals surface area contributed by atoms with Crippen LogP contribution in [0.4, 0.5) is 0 Å². The second kappa shape index (κ2) is 8.57. The van der Waals surface area contributed by atoms with Gasteiger partial charge in [0.15, 0.2) is 0 Å². The van der Waals surface area contributed by atoms with Crippen molar-refractivity contribution in [1.82, 2.24) is 9.80 Å². The standard InChI is InChI=1S/C25H24BrClN2O5/c1-3-33-23(31)21-18-13-34-19-9-6-15(26)10-17(19)22(18)29-20(30)12-28(24(32)25(21,29)2)11-14-4-7-16(27)8-5-14/h4-10,18,21-22H,3,11-13H2,1-2H3/t18?,21?,22?,25-/m1/s1. The van der Waals surface area contributed by atoms with Gasteiger partial charge >= 0.3 is 5.97 Å². The minimum atomic E-state index is -1.39. The Morgan fingerprint density at radius 2 is 1.97 bits per heavy atom. The molecule has 3 heterocycles. The minimum Gasteiger partial charge on any atom is -0.493 e. The Kier molecular flexibility index (Phi) is 5.84. The first-order valence-electron chi connectivity index (χ1n) is 11.2. The van der Waals surface area contributed by atoms with Gasteiger partial charge in [-0.2, -0.15) is 0 Å². The zero-order valence-corrected chi connectivity index (χ0v) is 21.1. The molecule has 0 N–H and O–H groups in total. The summed E-state index contributed by atoms with van der Waals surface area (Å²) in [5, 5.41) is 0.593. The number of ether oxygens (including phenoxy) is 2. The molecule has 0 aliphatic carbocycles. The fraction of sp³-hybridized carbons (Fsp3) is 0.400. The minimum absolute atomic E-state index is 0.0694. The summed E-state index contributed by atoms with van der Waals surface area (Å²) in [5.41, 5.74) is 0.246. The van der Waals surface area contributed by atoms with Gasteiger partial charge < -0.3 is 19.3 Å². The van der Waals surface area contributed by atoms with Crippen LogP contribution in [-0.4, -0.2) is 52.9 Å². The average Bonchev–Trinajstić information content (AvgIpc) is 3.09. The molecule has 3 aliphatic heterocycles. The molecular weight excluding hydrogens is 524 g/mol. The first kappa shape index (κ1) is 23.2. The number of halogens is 2. The van der Waals surface area contributed by atoms with Crippen LogP contribution in [0.15, 0.2) is 46.9 Å². The first-order chi connectivity index (χ1) is 16.3. The first-order valence-corrected chi connectivity index (χ1v) is 12.4. The predicted molar refractivity (Wildman–Crippen MR) is 128 cm³/mol. The molecule has 0 aromatic heterocycles. The predicted octanol–water partition coefficient (Wildman–Crippen LogP) is 3.97. The summed E-state index contributed by atoms with van der Waals surface area (Å²) in [4.78, 5) is 44.1. The highest BCUT2D eigenvalue weighted by molar-refractivity contribution is 9.10. The van der Waals surface area contributed by atoms with Gasteiger partial charge in [-0.05, 0) is 49.7 Å². The van der Waals surface area contributed by atoms with Crippen LogP contribution < -0.4 is 4.74 Å². The van der Waals surface area contributed by atoms with Gasteiger partial charge in [0.2, 0.25) is 11.8 Å². The third-order valence-electron chi connectivity index (χ3n) is 7.08. The Morgan fingerprint density at radius 3 is 2.68 bits per heavy atom. The number of benzene rings is 2. The van der Waals surface area contributed by atoms with E-state index in [0.717, 1.165) is 15.6 Å². The maximum atomic E-state index is 14.0. The lowest BCUT2D eigenvalue weighted by Gasteiger charge is -2.47. The monoisotopic (exact) mass is 546 g/mol. The Bertz CT molecular complexity index is 1170. The number of hydrogen-bond acceptors (Lipinski definition) is 5. The van der Waals surface area contributed by atoms with E-state index in [1.54, 1.807) is 30.9 Å². The highest BCUT2D eigenvalue weighted by Crippen LogP contribution is 2.57. The smallest absolute Gasteiger partial charge is 0.312 e. The third-order valence-corrected chi connectivity index (χ3v) is 7.83. The fourth-order valence-corrected chi connectivity index (χ4v) is 6.21. The van der Waals surface area contributed by atoms with Crippen LogP contribution >= 0.6 is 27.5 Å². The van der Waals surface area contributed by atoms with Gasteiger partial charge in [-0.3, -0.25) is 14.4 Å². The number of carbonyl (C=O) groups excluding carboxylic acids is 3. The van der Waals surface area contributed by atoms with Crippen molar-refractivity contribution in [2.24, 2.45) is 11.8 Å². The van der Waals surface area contributed by atoms with E-state index < -0.39 is 29.4 Å². The van der Waals surface area contributed by atoms with E-state index in [0.29, 0.717) is 10.8 Å². The van der Waals surface area contributed by atoms with Gasteiger partial charge in [0.05, 0.1) is 25.2 Å². The lowest BCUT2D eigenvalue weighted by Crippen LogP contribution is -2.67. The van der Waals surface area contributed by atoms with Crippen molar-refractivity contribution >= 4 is 45.3 Å². The van der Waals surface area contributed by atoms with E-state index in [2.05, 4.69) is 15.9 Å². The molecule has 9 heteroatoms. The summed E-state index contributed by atoms with van der Waals surface area (Å²) in [7, 11) is 0. The van der Waals surface area contributed by atoms with Gasteiger partial charge in [0.25, 0.3) is 0 Å². The average molecular weight is 548 g/mol. The molecule has 3 unspecified atom stereocenters. The van der Waals surface area contributed by atoms with E-state index in [9.17, 15) is 14.4 Å². The molecule has 0 saturated carbocycles. The van der Waals surface area contributed by atoms with Crippen molar-refractivity contribution in [2.45, 2.75) is 32.0 Å². The number of carbonyl (C=O) groups is 3. The van der Waals surface area contributed by atoms with Crippen molar-refractivity contribution < 1.29 is 23.9 Å². The summed E-state index contributed by atoms with van der Waals surface area (Å²) >= 11 is 9.50. The summed E-state index contributed by atoms with van der Waals surface area (Å²) in [6.07, 6.45) is 0. The molecule has 0 spiro atoms. The van der Waals surface area contributed by atoms with Crippen LogP contribution in [0.5, 0.6) is 5.75 Å². The molecule has 0 radical (unpaired) electrons. The zero-order chi connectivity index (χ0) is 24.2. The van der Waals surface area contributed by atoms with Gasteiger partial charge in [-0.1, -0.05) is 39.7 Å². The van der Waals surface area contributed by atoms with Crippen molar-refractivity contribution in [1.29, 1.82) is 0 Å². The number of esters is 1. The highest BCUT2D eigenvalue weighted by Gasteiger charge is 2.69. The highest BCUT2D eigenvalue weighted by atomic mass is 79.9. The maximum Gasteiger partial charge on any atom is 0.312 e. The molecule has 0 bridgehead atoms. The van der Waals surface area contributed by atoms with Crippen LogP contribution in [0.1, 0.15) is 31.0 Å². The number of piperazine rings is 1. The third kappa shape index (κ3) is 3.50. The molecule has 4 atom stereocenters. The lowest BCUT2D eigenvalue weighted by molar-refractivity contribution is -0.170. The zero-order valence-electron chi connectivity index (χ0n) is 18.8. The van der Waals surface area contributed by atoms with Gasteiger partial charge in [-0.25, -0.2) is 0 Å². The SMILES string of the molecule is CCOC(=O)C1C2COc3ccc(Br)cc3C2N2C(=O)CN(Cc3ccc(Cl)cc3)C(=O)[C@@]12C. The number of hydrogen-bond donors (Lipinski definition) is 0. The van der Waals surface area contributed by atoms with Crippen LogP contribution in [0, 0.1) is 11.8 Å². The molecule has 2 fully saturated rings. The van der Waals surface area contributed by atoms with Crippen molar-refractivity contribution in [3.63, 3.8) is 0 Å². The summed E-state index contributed by atoms with van der Waals surface area (Å²) < 4.78 is 12.3. The second-order valence-electron chi connectivity index (χ2n) is 9.03. The molecule has 2 aromatic rings. The van der Waals surface area contributed by atoms with Crippen LogP contribution in [0.25, 0.3) is 0 Å². The Balaban J connectivity index is 1.59. The maximum absolute atomic E-state index is 14.0. The van der Waals surface area contributed by atoms with E-state index in [1.165, 1.54) is 4.90 Å². The molecule has 7 nitrogen and oxygen atoms in total. The number of rotatable bonds is 4. The number of amides is 2. The van der Waals surface area contributed by atoms with Gasteiger partial charge in [0, 0.05) is 27.5 Å². The molecule has 2 amide bonds. The fourth-order valence-electron chi connectivity index (χ4n) is 5.71. The van der Waals surface area contributed by atoms with E-state index in [1.807, 2.05) is 30.3 Å². The van der Waals surface area contributed by atoms with E-state index >= 15 is 0 Å². The molecule has 2 saturated heterocycles. The molecule has 2 aromatic carbocycles. The summed E-state index contributed by atoms with van der Waals surface area (Å²) in [6.45, 7) is 4.00. The number of nitrogens with zero attached hydrogens (tertiary/aromatic N) is 2. The van der Waals surface area contributed by atoms with Gasteiger partial charge in [-0.15, -0.1) is 0 Å². The van der Waals surface area contributed by atoms with Crippen LogP contribution in [0.3, 0.4) is 0 Å². The summed E-state index contributed by atoms with van der Waals surface area (Å²) in [6, 6.07) is 12.3. The van der Waals surface area contributed by atoms with E-state index in [4.69, 9.17) is 21.1 Å². The quantitative estimate of drug-likeness (QED) is 0.542. The lowest BCUT2D eigenvalue weighted by atomic mass is 9.77. The second-order valence-corrected chi connectivity index (χ2v) is 10.4. The molecular formula is C25H24BrClN2O5. The number of fused-ring (bicyclic) bond motifs is 5. The van der Waals surface area contributed by atoms with Crippen LogP contribution in [0.2, 0.25) is 5.02 Å². The molecule has 5 rings (SSSR count). The normalized spacial score (nSPS) is 27.6. The van der Waals surface area contributed by atoms with Gasteiger partial charge in [0.1, 0.15) is 17.8 Å². The Hall–Kier alpha value is -2.58. The Morgan fingerprint density at radius 1 is 1.24 bits per heavy atom. The van der Waals surface area contributed by atoms with E-state index in [-0.39, 0.29) is 38.1 Å². The van der Waals surface area contributed by atoms with Crippen molar-refractivity contribution in [2.75, 3.05) is 19.8 Å². The molecule has 3 aliphatic rings. The van der Waals surface area contributed by atoms with Crippen molar-refractivity contribution in [3.05, 3.63) is 63.1 Å². The topological polar surface area (TPSA) is 76.2 Å². The Labute approximate surface area is 211 Å². The van der Waals surface area contributed by atoms with Crippen molar-refractivity contribution in [3.8, 4) is 5.75 Å². The molecule has 178 valence electrons. The summed E-state index contributed by atoms with van der Waals surface area (Å²) in [5.74, 6) is -1.57.